The molecule has 0 aromatic heterocycles. The first-order valence-corrected chi connectivity index (χ1v) is 9.30. The fourth-order valence-electron chi connectivity index (χ4n) is 2.31. The van der Waals surface area contributed by atoms with E-state index in [0.29, 0.717) is 40.2 Å². The molecule has 0 saturated carbocycles. The minimum absolute atomic E-state index is 0.332. The van der Waals surface area contributed by atoms with E-state index in [2.05, 4.69) is 24.4 Å². The van der Waals surface area contributed by atoms with E-state index in [-0.39, 0.29) is 5.91 Å². The van der Waals surface area contributed by atoms with E-state index in [1.54, 1.807) is 36.4 Å². The third-order valence-corrected chi connectivity index (χ3v) is 4.28. The Bertz CT molecular complexity index is 820. The van der Waals surface area contributed by atoms with Gasteiger partial charge in [-0.2, -0.15) is 5.10 Å². The first-order valence-electron chi connectivity index (χ1n) is 8.92. The first-order chi connectivity index (χ1) is 13.4. The van der Waals surface area contributed by atoms with E-state index >= 15 is 0 Å². The maximum atomic E-state index is 12.2. The zero-order valence-electron chi connectivity index (χ0n) is 16.5. The van der Waals surface area contributed by atoms with Gasteiger partial charge in [0.15, 0.2) is 11.5 Å². The van der Waals surface area contributed by atoms with Gasteiger partial charge in [-0.15, -0.1) is 0 Å². The van der Waals surface area contributed by atoms with Crippen LogP contribution in [0.2, 0.25) is 5.02 Å². The monoisotopic (exact) mass is 404 g/mol. The zero-order valence-corrected chi connectivity index (χ0v) is 17.2. The van der Waals surface area contributed by atoms with Gasteiger partial charge < -0.3 is 14.2 Å². The van der Waals surface area contributed by atoms with Crippen LogP contribution in [0.15, 0.2) is 41.5 Å². The highest BCUT2D eigenvalue weighted by Gasteiger charge is 2.09. The Morgan fingerprint density at radius 1 is 1.14 bits per heavy atom. The van der Waals surface area contributed by atoms with Crippen molar-refractivity contribution < 1.29 is 19.0 Å². The van der Waals surface area contributed by atoms with Gasteiger partial charge in [-0.3, -0.25) is 4.79 Å². The summed E-state index contributed by atoms with van der Waals surface area (Å²) in [6, 6.07) is 10.2. The number of hydrogen-bond donors (Lipinski definition) is 1. The lowest BCUT2D eigenvalue weighted by molar-refractivity contribution is 0.0955. The fraction of sp³-hybridized carbons (Fsp3) is 0.333. The van der Waals surface area contributed by atoms with Crippen molar-refractivity contribution in [1.29, 1.82) is 0 Å². The lowest BCUT2D eigenvalue weighted by Gasteiger charge is -2.09. The average molecular weight is 405 g/mol. The number of benzene rings is 2. The van der Waals surface area contributed by atoms with Gasteiger partial charge in [-0.1, -0.05) is 25.4 Å². The second-order valence-corrected chi connectivity index (χ2v) is 6.89. The highest BCUT2D eigenvalue weighted by molar-refractivity contribution is 6.33. The highest BCUT2D eigenvalue weighted by atomic mass is 35.5. The van der Waals surface area contributed by atoms with E-state index in [0.717, 1.165) is 12.2 Å². The molecular formula is C21H25ClN2O4. The van der Waals surface area contributed by atoms with Crippen LogP contribution in [0.4, 0.5) is 0 Å². The number of rotatable bonds is 9. The Hall–Kier alpha value is -2.73. The molecule has 2 rings (SSSR count). The van der Waals surface area contributed by atoms with Crippen LogP contribution in [-0.4, -0.2) is 32.9 Å². The fourth-order valence-corrected chi connectivity index (χ4v) is 2.51. The van der Waals surface area contributed by atoms with Crippen molar-refractivity contribution in [2.45, 2.75) is 20.3 Å². The van der Waals surface area contributed by atoms with E-state index in [9.17, 15) is 4.79 Å². The number of hydrazone groups is 1. The van der Waals surface area contributed by atoms with Crippen molar-refractivity contribution in [2.75, 3.05) is 20.8 Å². The smallest absolute Gasteiger partial charge is 0.271 e. The molecular weight excluding hydrogens is 380 g/mol. The predicted molar refractivity (Wildman–Crippen MR) is 111 cm³/mol. The number of halogens is 1. The van der Waals surface area contributed by atoms with Crippen LogP contribution in [0.1, 0.15) is 36.2 Å². The summed E-state index contributed by atoms with van der Waals surface area (Å²) in [6.07, 6.45) is 2.43. The van der Waals surface area contributed by atoms with Gasteiger partial charge in [0, 0.05) is 17.2 Å². The molecule has 0 saturated heterocycles. The topological polar surface area (TPSA) is 69.2 Å². The van der Waals surface area contributed by atoms with Crippen molar-refractivity contribution in [3.63, 3.8) is 0 Å². The molecule has 0 bridgehead atoms. The van der Waals surface area contributed by atoms with Gasteiger partial charge in [-0.05, 0) is 42.7 Å². The number of ether oxygens (including phenoxy) is 3. The highest BCUT2D eigenvalue weighted by Crippen LogP contribution is 2.32. The van der Waals surface area contributed by atoms with Crippen LogP contribution >= 0.6 is 11.6 Å². The molecule has 0 heterocycles. The Morgan fingerprint density at radius 2 is 1.79 bits per heavy atom. The largest absolute Gasteiger partial charge is 0.494 e. The Kier molecular flexibility index (Phi) is 8.14. The molecule has 0 spiro atoms. The molecule has 0 radical (unpaired) electrons. The normalized spacial score (nSPS) is 10.9. The maximum absolute atomic E-state index is 12.2. The van der Waals surface area contributed by atoms with E-state index in [4.69, 9.17) is 25.8 Å². The van der Waals surface area contributed by atoms with Crippen LogP contribution in [0.3, 0.4) is 0 Å². The van der Waals surface area contributed by atoms with Crippen molar-refractivity contribution in [3.8, 4) is 17.2 Å². The number of hydrogen-bond acceptors (Lipinski definition) is 5. The molecule has 0 fully saturated rings. The van der Waals surface area contributed by atoms with Crippen molar-refractivity contribution in [3.05, 3.63) is 52.5 Å². The van der Waals surface area contributed by atoms with Gasteiger partial charge in [0.25, 0.3) is 5.91 Å². The molecule has 2 aromatic rings. The van der Waals surface area contributed by atoms with E-state index in [1.807, 2.05) is 0 Å². The molecule has 28 heavy (non-hydrogen) atoms. The van der Waals surface area contributed by atoms with Gasteiger partial charge >= 0.3 is 0 Å². The minimum atomic E-state index is -0.332. The molecule has 0 aliphatic heterocycles. The number of nitrogens with zero attached hydrogens (tertiary/aromatic N) is 1. The maximum Gasteiger partial charge on any atom is 0.271 e. The summed E-state index contributed by atoms with van der Waals surface area (Å²) in [4.78, 5) is 12.2. The molecule has 7 heteroatoms. The molecule has 0 aliphatic rings. The van der Waals surface area contributed by atoms with Gasteiger partial charge in [0.1, 0.15) is 5.75 Å². The third-order valence-electron chi connectivity index (χ3n) is 3.95. The number of carbonyl (C=O) groups excluding carboxylic acids is 1. The van der Waals surface area contributed by atoms with Crippen LogP contribution in [0.5, 0.6) is 17.2 Å². The Balaban J connectivity index is 1.96. The summed E-state index contributed by atoms with van der Waals surface area (Å²) in [7, 11) is 3.06. The standard InChI is InChI=1S/C21H25ClN2O4/c1-14(2)9-10-28-17-7-5-15(6-8-17)21(25)24-23-13-16-11-19(26-3)20(27-4)12-18(16)22/h5-8,11-14H,9-10H2,1-4H3,(H,24,25)/b23-13+. The summed E-state index contributed by atoms with van der Waals surface area (Å²) in [5.74, 6) is 2.03. The molecule has 2 aromatic carbocycles. The van der Waals surface area contributed by atoms with Crippen LogP contribution in [0, 0.1) is 5.92 Å². The summed E-state index contributed by atoms with van der Waals surface area (Å²) in [5, 5.41) is 4.39. The number of amides is 1. The van der Waals surface area contributed by atoms with Crippen LogP contribution < -0.4 is 19.6 Å². The molecule has 6 nitrogen and oxygen atoms in total. The molecule has 0 atom stereocenters. The van der Waals surface area contributed by atoms with Gasteiger partial charge in [-0.25, -0.2) is 5.43 Å². The lowest BCUT2D eigenvalue weighted by atomic mass is 10.1. The predicted octanol–water partition coefficient (Wildman–Crippen LogP) is 4.55. The summed E-state index contributed by atoms with van der Waals surface area (Å²) in [5.41, 5.74) is 3.55. The molecule has 1 N–H and O–H groups in total. The zero-order chi connectivity index (χ0) is 20.5. The second kappa shape index (κ2) is 10.6. The van der Waals surface area contributed by atoms with Gasteiger partial charge in [0.2, 0.25) is 0 Å². The summed E-state index contributed by atoms with van der Waals surface area (Å²) >= 11 is 6.19. The Labute approximate surface area is 170 Å². The van der Waals surface area contributed by atoms with Crippen LogP contribution in [0.25, 0.3) is 0 Å². The Morgan fingerprint density at radius 3 is 2.39 bits per heavy atom. The summed E-state index contributed by atoms with van der Waals surface area (Å²) in [6.45, 7) is 4.94. The van der Waals surface area contributed by atoms with Crippen LogP contribution in [-0.2, 0) is 0 Å². The molecule has 150 valence electrons. The average Bonchev–Trinajstić information content (AvgIpc) is 2.69. The van der Waals surface area contributed by atoms with E-state index in [1.165, 1.54) is 20.4 Å². The molecule has 0 aliphatic carbocycles. The summed E-state index contributed by atoms with van der Waals surface area (Å²) < 4.78 is 16.1. The van der Waals surface area contributed by atoms with Crippen molar-refractivity contribution in [1.82, 2.24) is 5.43 Å². The number of nitrogens with one attached hydrogen (secondary N) is 1. The number of methoxy groups -OCH3 is 2. The second-order valence-electron chi connectivity index (χ2n) is 6.48. The first kappa shape index (κ1) is 21.6. The minimum Gasteiger partial charge on any atom is -0.494 e. The molecule has 1 amide bonds. The van der Waals surface area contributed by atoms with Crippen molar-refractivity contribution >= 4 is 23.7 Å². The number of carbonyl (C=O) groups is 1. The SMILES string of the molecule is COc1cc(Cl)c(/C=N/NC(=O)c2ccc(OCCC(C)C)cc2)cc1OC. The lowest BCUT2D eigenvalue weighted by Crippen LogP contribution is -2.17. The van der Waals surface area contributed by atoms with Gasteiger partial charge in [0.05, 0.1) is 32.1 Å². The van der Waals surface area contributed by atoms with E-state index < -0.39 is 0 Å². The molecule has 0 unspecified atom stereocenters. The third kappa shape index (κ3) is 6.16. The quantitative estimate of drug-likeness (QED) is 0.492. The van der Waals surface area contributed by atoms with Crippen molar-refractivity contribution in [2.24, 2.45) is 11.0 Å².